The summed E-state index contributed by atoms with van der Waals surface area (Å²) in [5, 5.41) is 7.41. The number of piperazine rings is 1. The minimum Gasteiger partial charge on any atom is -0.343 e. The van der Waals surface area contributed by atoms with Crippen molar-refractivity contribution in [3.05, 3.63) is 83.9 Å². The Labute approximate surface area is 175 Å². The number of benzene rings is 2. The van der Waals surface area contributed by atoms with E-state index in [9.17, 15) is 9.18 Å². The number of halogens is 1. The average Bonchev–Trinajstić information content (AvgIpc) is 3.26. The van der Waals surface area contributed by atoms with Gasteiger partial charge in [0.25, 0.3) is 5.91 Å². The highest BCUT2D eigenvalue weighted by molar-refractivity contribution is 5.92. The first-order chi connectivity index (χ1) is 14.6. The van der Waals surface area contributed by atoms with Crippen LogP contribution in [0.15, 0.2) is 66.9 Å². The van der Waals surface area contributed by atoms with Crippen molar-refractivity contribution >= 4 is 5.91 Å². The van der Waals surface area contributed by atoms with Crippen molar-refractivity contribution in [1.29, 1.82) is 0 Å². The summed E-state index contributed by atoms with van der Waals surface area (Å²) in [6, 6.07) is 17.8. The molecule has 2 heterocycles. The zero-order chi connectivity index (χ0) is 20.9. The molecule has 1 aliphatic heterocycles. The second kappa shape index (κ2) is 9.19. The molecule has 0 spiro atoms. The number of nitrogens with one attached hydrogen (secondary N) is 1. The smallest absolute Gasteiger partial charge is 0.272 e. The van der Waals surface area contributed by atoms with Gasteiger partial charge in [-0.1, -0.05) is 42.5 Å². The van der Waals surface area contributed by atoms with Crippen LogP contribution in [0.5, 0.6) is 0 Å². The summed E-state index contributed by atoms with van der Waals surface area (Å²) >= 11 is 0. The van der Waals surface area contributed by atoms with Crippen molar-refractivity contribution in [3.8, 4) is 5.69 Å². The highest BCUT2D eigenvalue weighted by atomic mass is 19.1. The minimum atomic E-state index is -0.384. The van der Waals surface area contributed by atoms with Crippen molar-refractivity contribution in [3.63, 3.8) is 0 Å². The molecule has 2 aromatic carbocycles. The number of nitrogens with zero attached hydrogens (tertiary/aromatic N) is 4. The Kier molecular flexibility index (Phi) is 6.21. The molecular formula is C23H26FN5O. The molecule has 30 heavy (non-hydrogen) atoms. The molecule has 1 saturated heterocycles. The predicted octanol–water partition coefficient (Wildman–Crippen LogP) is 2.73. The number of carbonyl (C=O) groups is 1. The van der Waals surface area contributed by atoms with Gasteiger partial charge in [0.15, 0.2) is 5.69 Å². The molecule has 0 aliphatic carbocycles. The summed E-state index contributed by atoms with van der Waals surface area (Å²) in [4.78, 5) is 17.6. The molecule has 1 amide bonds. The molecule has 1 fully saturated rings. The number of carbonyl (C=O) groups excluding carboxylic acids is 1. The van der Waals surface area contributed by atoms with Gasteiger partial charge in [-0.15, -0.1) is 0 Å². The quantitative estimate of drug-likeness (QED) is 0.683. The molecule has 4 rings (SSSR count). The number of aromatic nitrogens is 2. The van der Waals surface area contributed by atoms with Crippen LogP contribution >= 0.6 is 0 Å². The third kappa shape index (κ3) is 4.75. The summed E-state index contributed by atoms with van der Waals surface area (Å²) in [5.41, 5.74) is 1.63. The summed E-state index contributed by atoms with van der Waals surface area (Å²) in [7, 11) is 2.12. The fourth-order valence-corrected chi connectivity index (χ4v) is 3.66. The third-order valence-electron chi connectivity index (χ3n) is 5.46. The average molecular weight is 407 g/mol. The van der Waals surface area contributed by atoms with E-state index in [4.69, 9.17) is 0 Å². The molecule has 156 valence electrons. The number of rotatable bonds is 6. The van der Waals surface area contributed by atoms with E-state index in [1.807, 2.05) is 30.3 Å². The van der Waals surface area contributed by atoms with Gasteiger partial charge in [0.2, 0.25) is 0 Å². The maximum atomic E-state index is 14.0. The molecule has 1 aromatic heterocycles. The van der Waals surface area contributed by atoms with Crippen molar-refractivity contribution in [2.45, 2.75) is 6.04 Å². The number of para-hydroxylation sites is 1. The van der Waals surface area contributed by atoms with Crippen LogP contribution < -0.4 is 5.32 Å². The Bertz CT molecular complexity index is 982. The molecule has 1 aliphatic rings. The first-order valence-corrected chi connectivity index (χ1v) is 10.2. The van der Waals surface area contributed by atoms with Crippen LogP contribution in [-0.2, 0) is 0 Å². The zero-order valence-electron chi connectivity index (χ0n) is 17.0. The molecule has 6 nitrogen and oxygen atoms in total. The van der Waals surface area contributed by atoms with Crippen LogP contribution in [-0.4, -0.2) is 65.3 Å². The molecule has 1 unspecified atom stereocenters. The molecule has 0 radical (unpaired) electrons. The fraction of sp³-hybridized carbons (Fsp3) is 0.304. The van der Waals surface area contributed by atoms with Gasteiger partial charge < -0.3 is 10.2 Å². The van der Waals surface area contributed by atoms with Crippen molar-refractivity contribution in [2.24, 2.45) is 0 Å². The van der Waals surface area contributed by atoms with Crippen LogP contribution in [0, 0.1) is 5.82 Å². The molecule has 1 atom stereocenters. The zero-order valence-corrected chi connectivity index (χ0v) is 17.0. The van der Waals surface area contributed by atoms with E-state index in [2.05, 4.69) is 27.3 Å². The van der Waals surface area contributed by atoms with Crippen LogP contribution in [0.4, 0.5) is 4.39 Å². The van der Waals surface area contributed by atoms with Gasteiger partial charge in [-0.2, -0.15) is 5.10 Å². The topological polar surface area (TPSA) is 53.4 Å². The molecule has 0 saturated carbocycles. The molecule has 3 aromatic rings. The van der Waals surface area contributed by atoms with Gasteiger partial charge in [-0.3, -0.25) is 9.69 Å². The van der Waals surface area contributed by atoms with Gasteiger partial charge in [0, 0.05) is 38.9 Å². The maximum absolute atomic E-state index is 14.0. The lowest BCUT2D eigenvalue weighted by atomic mass is 10.1. The number of amides is 1. The Hall–Kier alpha value is -3.03. The predicted molar refractivity (Wildman–Crippen MR) is 114 cm³/mol. The van der Waals surface area contributed by atoms with E-state index in [0.29, 0.717) is 5.69 Å². The molecule has 7 heteroatoms. The van der Waals surface area contributed by atoms with E-state index in [1.54, 1.807) is 30.5 Å². The Morgan fingerprint density at radius 2 is 1.73 bits per heavy atom. The van der Waals surface area contributed by atoms with Crippen molar-refractivity contribution < 1.29 is 9.18 Å². The number of hydrogen-bond acceptors (Lipinski definition) is 4. The fourth-order valence-electron chi connectivity index (χ4n) is 3.66. The summed E-state index contributed by atoms with van der Waals surface area (Å²) in [6.07, 6.45) is 1.60. The van der Waals surface area contributed by atoms with E-state index in [0.717, 1.165) is 38.3 Å². The normalized spacial score (nSPS) is 16.3. The number of likely N-dealkylation sites (N-methyl/N-ethyl adjacent to an activating group) is 1. The first-order valence-electron chi connectivity index (χ1n) is 10.2. The third-order valence-corrected chi connectivity index (χ3v) is 5.46. The van der Waals surface area contributed by atoms with Crippen LogP contribution in [0.2, 0.25) is 0 Å². The summed E-state index contributed by atoms with van der Waals surface area (Å²) in [5.74, 6) is -0.655. The molecule has 0 bridgehead atoms. The van der Waals surface area contributed by atoms with Gasteiger partial charge in [-0.05, 0) is 30.8 Å². The molecular weight excluding hydrogens is 381 g/mol. The maximum Gasteiger partial charge on any atom is 0.272 e. The SMILES string of the molecule is CN1CCN(CC(NC(=O)c2ccn(-c3ccccc3F)n2)c2ccccc2)CC1. The Morgan fingerprint density at radius 3 is 2.47 bits per heavy atom. The highest BCUT2D eigenvalue weighted by Crippen LogP contribution is 2.17. The van der Waals surface area contributed by atoms with E-state index >= 15 is 0 Å². The summed E-state index contributed by atoms with van der Waals surface area (Å²) in [6.45, 7) is 4.71. The lowest BCUT2D eigenvalue weighted by molar-refractivity contribution is 0.0902. The summed E-state index contributed by atoms with van der Waals surface area (Å²) < 4.78 is 15.4. The van der Waals surface area contributed by atoms with Crippen LogP contribution in [0.25, 0.3) is 5.69 Å². The van der Waals surface area contributed by atoms with E-state index < -0.39 is 0 Å². The molecule has 1 N–H and O–H groups in total. The Balaban J connectivity index is 1.50. The van der Waals surface area contributed by atoms with Crippen molar-refractivity contribution in [1.82, 2.24) is 24.9 Å². The monoisotopic (exact) mass is 407 g/mol. The van der Waals surface area contributed by atoms with Crippen LogP contribution in [0.1, 0.15) is 22.1 Å². The minimum absolute atomic E-state index is 0.152. The van der Waals surface area contributed by atoms with E-state index in [1.165, 1.54) is 10.7 Å². The lowest BCUT2D eigenvalue weighted by Gasteiger charge is -2.35. The van der Waals surface area contributed by atoms with Gasteiger partial charge >= 0.3 is 0 Å². The second-order valence-corrected chi connectivity index (χ2v) is 7.64. The first kappa shape index (κ1) is 20.3. The van der Waals surface area contributed by atoms with E-state index in [-0.39, 0.29) is 23.5 Å². The highest BCUT2D eigenvalue weighted by Gasteiger charge is 2.22. The Morgan fingerprint density at radius 1 is 1.03 bits per heavy atom. The van der Waals surface area contributed by atoms with Crippen molar-refractivity contribution in [2.75, 3.05) is 39.8 Å². The van der Waals surface area contributed by atoms with Crippen LogP contribution in [0.3, 0.4) is 0 Å². The second-order valence-electron chi connectivity index (χ2n) is 7.64. The number of hydrogen-bond donors (Lipinski definition) is 1. The van der Waals surface area contributed by atoms with Gasteiger partial charge in [-0.25, -0.2) is 9.07 Å². The van der Waals surface area contributed by atoms with Gasteiger partial charge in [0.1, 0.15) is 11.5 Å². The standard InChI is InChI=1S/C23H26FN5O/c1-27-13-15-28(16-14-27)17-21(18-7-3-2-4-8-18)25-23(30)20-11-12-29(26-20)22-10-6-5-9-19(22)24/h2-12,21H,13-17H2,1H3,(H,25,30). The largest absolute Gasteiger partial charge is 0.343 e. The van der Waals surface area contributed by atoms with Gasteiger partial charge in [0.05, 0.1) is 6.04 Å². The lowest BCUT2D eigenvalue weighted by Crippen LogP contribution is -2.47.